The van der Waals surface area contributed by atoms with E-state index in [0.717, 1.165) is 11.1 Å². The lowest BCUT2D eigenvalue weighted by atomic mass is 10.2. The summed E-state index contributed by atoms with van der Waals surface area (Å²) in [5, 5.41) is 5.96. The van der Waals surface area contributed by atoms with Crippen LogP contribution in [-0.2, 0) is 9.59 Å². The number of aliphatic imine (C=N–C) groups is 1. The molecule has 8 heteroatoms. The number of carbonyl (C=O) groups is 2. The lowest BCUT2D eigenvalue weighted by molar-refractivity contribution is -0.119. The van der Waals surface area contributed by atoms with Gasteiger partial charge in [0.2, 0.25) is 17.8 Å². The second kappa shape index (κ2) is 8.18. The maximum Gasteiger partial charge on any atom is 0.253 e. The van der Waals surface area contributed by atoms with E-state index >= 15 is 0 Å². The summed E-state index contributed by atoms with van der Waals surface area (Å²) in [7, 11) is 1.58. The van der Waals surface area contributed by atoms with Gasteiger partial charge in [-0.2, -0.15) is 4.99 Å². The number of aryl methyl sites for hydroxylation is 1. The molecule has 8 nitrogen and oxygen atoms in total. The Morgan fingerprint density at radius 3 is 2.32 bits per heavy atom. The van der Waals surface area contributed by atoms with E-state index in [-0.39, 0.29) is 36.6 Å². The summed E-state index contributed by atoms with van der Waals surface area (Å²) in [6.07, 6.45) is 0.519. The molecule has 2 N–H and O–H groups in total. The van der Waals surface area contributed by atoms with Crippen LogP contribution in [0.3, 0.4) is 0 Å². The van der Waals surface area contributed by atoms with E-state index in [4.69, 9.17) is 4.74 Å². The molecule has 0 aliphatic rings. The van der Waals surface area contributed by atoms with Crippen molar-refractivity contribution >= 4 is 34.6 Å². The first-order chi connectivity index (χ1) is 12.0. The molecule has 0 fully saturated rings. The van der Waals surface area contributed by atoms with Crippen LogP contribution in [0, 0.1) is 6.92 Å². The van der Waals surface area contributed by atoms with Gasteiger partial charge >= 0.3 is 0 Å². The van der Waals surface area contributed by atoms with E-state index in [9.17, 15) is 9.59 Å². The second-order valence-corrected chi connectivity index (χ2v) is 5.26. The van der Waals surface area contributed by atoms with Crippen molar-refractivity contribution in [2.45, 2.75) is 33.6 Å². The first-order valence-corrected chi connectivity index (χ1v) is 7.97. The third kappa shape index (κ3) is 4.72. The Labute approximate surface area is 145 Å². The van der Waals surface area contributed by atoms with Crippen LogP contribution in [0.1, 0.15) is 32.4 Å². The number of amides is 2. The molecule has 2 rings (SSSR count). The number of hydrogen-bond donors (Lipinski definition) is 2. The van der Waals surface area contributed by atoms with Crippen LogP contribution in [0.4, 0.5) is 5.95 Å². The molecule has 0 radical (unpaired) electrons. The molecule has 0 spiro atoms. The highest BCUT2D eigenvalue weighted by molar-refractivity contribution is 6.05. The van der Waals surface area contributed by atoms with Crippen molar-refractivity contribution in [3.05, 3.63) is 23.9 Å². The lowest BCUT2D eigenvalue weighted by Gasteiger charge is -2.09. The van der Waals surface area contributed by atoms with Gasteiger partial charge in [0.1, 0.15) is 5.75 Å². The van der Waals surface area contributed by atoms with Crippen LogP contribution in [0.5, 0.6) is 5.75 Å². The Kier molecular flexibility index (Phi) is 5.99. The van der Waals surface area contributed by atoms with Gasteiger partial charge in [0.15, 0.2) is 0 Å². The predicted octanol–water partition coefficient (Wildman–Crippen LogP) is 1.99. The highest BCUT2D eigenvalue weighted by atomic mass is 16.5. The molecule has 0 bridgehead atoms. The minimum absolute atomic E-state index is 0.0142. The van der Waals surface area contributed by atoms with Gasteiger partial charge in [-0.1, -0.05) is 13.8 Å². The topological polar surface area (TPSA) is 106 Å². The fourth-order valence-electron chi connectivity index (χ4n) is 2.06. The Hall–Kier alpha value is -3.03. The molecule has 0 saturated heterocycles. The number of fused-ring (bicyclic) bond motifs is 1. The quantitative estimate of drug-likeness (QED) is 0.652. The predicted molar refractivity (Wildman–Crippen MR) is 94.8 cm³/mol. The smallest absolute Gasteiger partial charge is 0.253 e. The van der Waals surface area contributed by atoms with Gasteiger partial charge in [-0.25, -0.2) is 9.97 Å². The van der Waals surface area contributed by atoms with Crippen LogP contribution >= 0.6 is 0 Å². The van der Waals surface area contributed by atoms with E-state index in [1.54, 1.807) is 27.0 Å². The zero-order valence-electron chi connectivity index (χ0n) is 14.7. The molecule has 1 aromatic carbocycles. The van der Waals surface area contributed by atoms with E-state index in [2.05, 4.69) is 25.6 Å². The molecule has 25 heavy (non-hydrogen) atoms. The van der Waals surface area contributed by atoms with Crippen LogP contribution in [0.2, 0.25) is 0 Å². The molecular weight excluding hydrogens is 322 g/mol. The van der Waals surface area contributed by atoms with Crippen molar-refractivity contribution in [3.63, 3.8) is 0 Å². The minimum atomic E-state index is -0.269. The molecule has 1 heterocycles. The molecule has 1 aromatic heterocycles. The zero-order chi connectivity index (χ0) is 18.4. The molecule has 0 aliphatic heterocycles. The van der Waals surface area contributed by atoms with Gasteiger partial charge < -0.3 is 4.74 Å². The number of methoxy groups -OCH3 is 1. The summed E-state index contributed by atoms with van der Waals surface area (Å²) >= 11 is 0. The van der Waals surface area contributed by atoms with E-state index in [1.165, 1.54) is 0 Å². The van der Waals surface area contributed by atoms with Crippen molar-refractivity contribution in [2.75, 3.05) is 7.11 Å². The van der Waals surface area contributed by atoms with E-state index in [1.807, 2.05) is 19.1 Å². The molecule has 2 aromatic rings. The summed E-state index contributed by atoms with van der Waals surface area (Å²) in [4.78, 5) is 36.2. The van der Waals surface area contributed by atoms with E-state index in [0.29, 0.717) is 11.3 Å². The maximum absolute atomic E-state index is 11.6. The number of nitrogens with one attached hydrogen (secondary N) is 2. The van der Waals surface area contributed by atoms with Gasteiger partial charge in [0, 0.05) is 24.3 Å². The van der Waals surface area contributed by atoms with Crippen LogP contribution in [0.15, 0.2) is 23.2 Å². The monoisotopic (exact) mass is 343 g/mol. The highest BCUT2D eigenvalue weighted by Gasteiger charge is 2.10. The first-order valence-electron chi connectivity index (χ1n) is 7.97. The summed E-state index contributed by atoms with van der Waals surface area (Å²) in [6.45, 7) is 5.25. The maximum atomic E-state index is 11.6. The second-order valence-electron chi connectivity index (χ2n) is 5.26. The third-order valence-corrected chi connectivity index (χ3v) is 3.45. The lowest BCUT2D eigenvalue weighted by Crippen LogP contribution is -2.43. The number of rotatable bonds is 4. The highest BCUT2D eigenvalue weighted by Crippen LogP contribution is 2.23. The van der Waals surface area contributed by atoms with E-state index < -0.39 is 0 Å². The largest absolute Gasteiger partial charge is 0.497 e. The summed E-state index contributed by atoms with van der Waals surface area (Å²) < 4.78 is 5.21. The van der Waals surface area contributed by atoms with Crippen molar-refractivity contribution in [1.29, 1.82) is 0 Å². The number of guanidine groups is 1. The minimum Gasteiger partial charge on any atom is -0.497 e. The molecule has 132 valence electrons. The Morgan fingerprint density at radius 2 is 1.76 bits per heavy atom. The average molecular weight is 343 g/mol. The fourth-order valence-corrected chi connectivity index (χ4v) is 2.06. The SMILES string of the molecule is CCC(=O)NC(=Nc1nc(C)c2ccc(OC)cc2n1)NC(=O)CC. The molecule has 2 amide bonds. The molecule has 0 saturated carbocycles. The fraction of sp³-hybridized carbons (Fsp3) is 0.353. The number of ether oxygens (including phenoxy) is 1. The number of aromatic nitrogens is 2. The van der Waals surface area contributed by atoms with Gasteiger partial charge in [0.05, 0.1) is 18.3 Å². The van der Waals surface area contributed by atoms with Crippen LogP contribution < -0.4 is 15.4 Å². The standard InChI is InChI=1S/C17H21N5O3/c1-5-14(23)20-17(21-15(24)6-2)22-16-18-10(3)12-8-7-11(25-4)9-13(12)19-16/h7-9H,5-6H2,1-4H3,(H2,18,19,20,21,22,23,24). The average Bonchev–Trinajstić information content (AvgIpc) is 2.60. The Morgan fingerprint density at radius 1 is 1.12 bits per heavy atom. The number of hydrogen-bond acceptors (Lipinski definition) is 6. The Bertz CT molecular complexity index is 812. The van der Waals surface area contributed by atoms with Gasteiger partial charge in [-0.3, -0.25) is 20.2 Å². The van der Waals surface area contributed by atoms with Crippen molar-refractivity contribution in [3.8, 4) is 5.75 Å². The zero-order valence-corrected chi connectivity index (χ0v) is 14.7. The molecular formula is C17H21N5O3. The van der Waals surface area contributed by atoms with Crippen molar-refractivity contribution in [1.82, 2.24) is 20.6 Å². The van der Waals surface area contributed by atoms with Crippen LogP contribution in [0.25, 0.3) is 10.9 Å². The number of nitrogens with zero attached hydrogens (tertiary/aromatic N) is 3. The van der Waals surface area contributed by atoms with Crippen molar-refractivity contribution < 1.29 is 14.3 Å². The normalized spacial score (nSPS) is 10.2. The summed E-state index contributed by atoms with van der Waals surface area (Å²) in [5.74, 6) is 0.282. The summed E-state index contributed by atoms with van der Waals surface area (Å²) in [5.41, 5.74) is 1.39. The molecule has 0 unspecified atom stereocenters. The van der Waals surface area contributed by atoms with Crippen molar-refractivity contribution in [2.24, 2.45) is 4.99 Å². The van der Waals surface area contributed by atoms with Crippen LogP contribution in [-0.4, -0.2) is 34.9 Å². The van der Waals surface area contributed by atoms with Gasteiger partial charge in [-0.15, -0.1) is 0 Å². The molecule has 0 aliphatic carbocycles. The first kappa shape index (κ1) is 18.3. The summed E-state index contributed by atoms with van der Waals surface area (Å²) in [6, 6.07) is 5.48. The third-order valence-electron chi connectivity index (χ3n) is 3.45. The Balaban J connectivity index is 2.45. The van der Waals surface area contributed by atoms with Gasteiger partial charge in [0.25, 0.3) is 5.95 Å². The van der Waals surface area contributed by atoms with Gasteiger partial charge in [-0.05, 0) is 19.1 Å². The number of benzene rings is 1. The molecule has 0 atom stereocenters. The number of carbonyl (C=O) groups excluding carboxylic acids is 2.